The molecule has 8 nitrogen and oxygen atoms in total. The minimum absolute atomic E-state index is 0.103. The molecular weight excluding hydrogens is 448 g/mol. The van der Waals surface area contributed by atoms with Gasteiger partial charge in [0.05, 0.1) is 5.60 Å². The first-order chi connectivity index (χ1) is 16.5. The van der Waals surface area contributed by atoms with Crippen molar-refractivity contribution in [3.05, 3.63) is 59.7 Å². The molecule has 188 valence electrons. The van der Waals surface area contributed by atoms with Gasteiger partial charge in [-0.3, -0.25) is 4.79 Å². The van der Waals surface area contributed by atoms with Crippen LogP contribution in [-0.2, 0) is 19.1 Å². The highest BCUT2D eigenvalue weighted by molar-refractivity contribution is 5.89. The molecule has 0 aromatic heterocycles. The first-order valence-corrected chi connectivity index (χ1v) is 11.7. The van der Waals surface area contributed by atoms with Crippen molar-refractivity contribution in [1.82, 2.24) is 10.6 Å². The number of alkyl carbamates (subject to hydrolysis) is 1. The lowest BCUT2D eigenvalue weighted by Gasteiger charge is -2.29. The van der Waals surface area contributed by atoms with E-state index >= 15 is 0 Å². The molecule has 0 spiro atoms. The molecule has 0 bridgehead atoms. The van der Waals surface area contributed by atoms with Gasteiger partial charge in [0, 0.05) is 19.4 Å². The summed E-state index contributed by atoms with van der Waals surface area (Å²) in [5, 5.41) is 14.6. The fraction of sp³-hybridized carbons (Fsp3) is 0.444. The molecule has 8 heteroatoms. The van der Waals surface area contributed by atoms with Crippen LogP contribution >= 0.6 is 0 Å². The lowest BCUT2D eigenvalue weighted by atomic mass is 9.97. The summed E-state index contributed by atoms with van der Waals surface area (Å²) in [6.07, 6.45) is -0.625. The van der Waals surface area contributed by atoms with Crippen LogP contribution < -0.4 is 10.6 Å². The number of nitrogens with one attached hydrogen (secondary N) is 2. The molecular formula is C27H34N2O6. The molecule has 0 saturated carbocycles. The predicted octanol–water partition coefficient (Wildman–Crippen LogP) is 3.93. The van der Waals surface area contributed by atoms with Gasteiger partial charge in [0.25, 0.3) is 0 Å². The van der Waals surface area contributed by atoms with Gasteiger partial charge in [0.1, 0.15) is 18.7 Å². The normalized spacial score (nSPS) is 14.6. The molecule has 0 heterocycles. The number of carboxylic acid groups (broad SMARTS) is 1. The fourth-order valence-electron chi connectivity index (χ4n) is 4.33. The molecule has 35 heavy (non-hydrogen) atoms. The highest BCUT2D eigenvalue weighted by atomic mass is 16.5. The molecule has 1 aliphatic carbocycles. The molecule has 3 rings (SSSR count). The van der Waals surface area contributed by atoms with Gasteiger partial charge in [0.2, 0.25) is 5.91 Å². The number of carboxylic acids is 1. The minimum Gasteiger partial charge on any atom is -0.480 e. The lowest BCUT2D eigenvalue weighted by Crippen LogP contribution is -2.55. The number of carbonyl (C=O) groups is 3. The van der Waals surface area contributed by atoms with Crippen molar-refractivity contribution < 1.29 is 29.0 Å². The van der Waals surface area contributed by atoms with Crippen LogP contribution in [0.25, 0.3) is 11.1 Å². The second-order valence-corrected chi connectivity index (χ2v) is 9.76. The molecule has 1 aliphatic rings. The molecule has 2 aromatic carbocycles. The van der Waals surface area contributed by atoms with Crippen molar-refractivity contribution in [3.63, 3.8) is 0 Å². The average Bonchev–Trinajstić information content (AvgIpc) is 3.13. The van der Waals surface area contributed by atoms with Gasteiger partial charge in [0.15, 0.2) is 0 Å². The maximum atomic E-state index is 13.0. The van der Waals surface area contributed by atoms with Crippen LogP contribution in [0.3, 0.4) is 0 Å². The van der Waals surface area contributed by atoms with E-state index in [-0.39, 0.29) is 24.9 Å². The maximum absolute atomic E-state index is 13.0. The summed E-state index contributed by atoms with van der Waals surface area (Å²) in [6, 6.07) is 13.9. The smallest absolute Gasteiger partial charge is 0.407 e. The molecule has 2 aromatic rings. The summed E-state index contributed by atoms with van der Waals surface area (Å²) in [4.78, 5) is 37.3. The summed E-state index contributed by atoms with van der Waals surface area (Å²) in [6.45, 7) is 7.07. The summed E-state index contributed by atoms with van der Waals surface area (Å²) >= 11 is 0. The standard InChI is InChI=1S/C27H34N2O6/c1-16(2)23(25(31)32)29-24(30)22(14-27(3,4)34-5)28-26(33)35-15-21-19-12-8-6-10-17(19)18-11-7-9-13-20(18)21/h6-13,16,21-23H,14-15H2,1-5H3,(H,28,33)(H,29,30)(H,31,32). The first kappa shape index (κ1) is 26.2. The third-order valence-electron chi connectivity index (χ3n) is 6.43. The van der Waals surface area contributed by atoms with Crippen LogP contribution in [0.1, 0.15) is 51.2 Å². The Bertz CT molecular complexity index is 1040. The largest absolute Gasteiger partial charge is 0.480 e. The number of aliphatic carboxylic acids is 1. The number of hydrogen-bond donors (Lipinski definition) is 3. The van der Waals surface area contributed by atoms with Crippen molar-refractivity contribution in [3.8, 4) is 11.1 Å². The van der Waals surface area contributed by atoms with Gasteiger partial charge in [-0.05, 0) is 42.0 Å². The topological polar surface area (TPSA) is 114 Å². The second kappa shape index (κ2) is 10.9. The molecule has 2 amide bonds. The van der Waals surface area contributed by atoms with Crippen LogP contribution in [0.5, 0.6) is 0 Å². The van der Waals surface area contributed by atoms with Crippen LogP contribution in [0, 0.1) is 5.92 Å². The molecule has 0 saturated heterocycles. The summed E-state index contributed by atoms with van der Waals surface area (Å²) in [5.74, 6) is -2.20. The Hall–Kier alpha value is -3.39. The number of benzene rings is 2. The third-order valence-corrected chi connectivity index (χ3v) is 6.43. The zero-order valence-electron chi connectivity index (χ0n) is 20.8. The number of hydrogen-bond acceptors (Lipinski definition) is 5. The van der Waals surface area contributed by atoms with E-state index in [2.05, 4.69) is 22.8 Å². The van der Waals surface area contributed by atoms with Crippen molar-refractivity contribution in [2.24, 2.45) is 5.92 Å². The van der Waals surface area contributed by atoms with E-state index in [0.29, 0.717) is 0 Å². The average molecular weight is 483 g/mol. The van der Waals surface area contributed by atoms with Crippen LogP contribution in [0.15, 0.2) is 48.5 Å². The molecule has 3 N–H and O–H groups in total. The summed E-state index contributed by atoms with van der Waals surface area (Å²) < 4.78 is 11.0. The molecule has 2 atom stereocenters. The molecule has 0 aliphatic heterocycles. The maximum Gasteiger partial charge on any atom is 0.407 e. The highest BCUT2D eigenvalue weighted by Crippen LogP contribution is 2.44. The predicted molar refractivity (Wildman–Crippen MR) is 132 cm³/mol. The van der Waals surface area contributed by atoms with Gasteiger partial charge in [-0.1, -0.05) is 62.4 Å². The lowest BCUT2D eigenvalue weighted by molar-refractivity contribution is -0.143. The van der Waals surface area contributed by atoms with Crippen LogP contribution in [0.4, 0.5) is 4.79 Å². The number of methoxy groups -OCH3 is 1. The van der Waals surface area contributed by atoms with Crippen LogP contribution in [-0.4, -0.2) is 54.5 Å². The Kier molecular flexibility index (Phi) is 8.17. The van der Waals surface area contributed by atoms with E-state index in [1.165, 1.54) is 7.11 Å². The van der Waals surface area contributed by atoms with E-state index < -0.39 is 35.7 Å². The Morgan fingerprint density at radius 1 is 0.971 bits per heavy atom. The number of rotatable bonds is 10. The van der Waals surface area contributed by atoms with E-state index in [9.17, 15) is 19.5 Å². The van der Waals surface area contributed by atoms with E-state index in [4.69, 9.17) is 9.47 Å². The van der Waals surface area contributed by atoms with E-state index in [1.807, 2.05) is 36.4 Å². The third kappa shape index (κ3) is 6.19. The van der Waals surface area contributed by atoms with Gasteiger partial charge < -0.3 is 25.2 Å². The number of ether oxygens (including phenoxy) is 2. The zero-order valence-corrected chi connectivity index (χ0v) is 20.8. The SMILES string of the molecule is COC(C)(C)CC(NC(=O)OCC1c2ccccc2-c2ccccc21)C(=O)NC(C(=O)O)C(C)C. The highest BCUT2D eigenvalue weighted by Gasteiger charge is 2.34. The minimum atomic E-state index is -1.14. The Morgan fingerprint density at radius 3 is 2.00 bits per heavy atom. The van der Waals surface area contributed by atoms with E-state index in [0.717, 1.165) is 22.3 Å². The van der Waals surface area contributed by atoms with Gasteiger partial charge in [-0.15, -0.1) is 0 Å². The second-order valence-electron chi connectivity index (χ2n) is 9.76. The van der Waals surface area contributed by atoms with Gasteiger partial charge in [-0.25, -0.2) is 9.59 Å². The van der Waals surface area contributed by atoms with Crippen molar-refractivity contribution in [1.29, 1.82) is 0 Å². The van der Waals surface area contributed by atoms with Gasteiger partial charge in [-0.2, -0.15) is 0 Å². The van der Waals surface area contributed by atoms with E-state index in [1.54, 1.807) is 27.7 Å². The first-order valence-electron chi connectivity index (χ1n) is 11.7. The fourth-order valence-corrected chi connectivity index (χ4v) is 4.33. The Morgan fingerprint density at radius 2 is 1.51 bits per heavy atom. The number of fused-ring (bicyclic) bond motifs is 3. The Balaban J connectivity index is 1.72. The monoisotopic (exact) mass is 482 g/mol. The Labute approximate surface area is 206 Å². The van der Waals surface area contributed by atoms with Gasteiger partial charge >= 0.3 is 12.1 Å². The summed E-state index contributed by atoms with van der Waals surface area (Å²) in [7, 11) is 1.51. The van der Waals surface area contributed by atoms with Crippen LogP contribution in [0.2, 0.25) is 0 Å². The number of carbonyl (C=O) groups excluding carboxylic acids is 2. The summed E-state index contributed by atoms with van der Waals surface area (Å²) in [5.41, 5.74) is 3.65. The zero-order chi connectivity index (χ0) is 25.8. The van der Waals surface area contributed by atoms with Crippen molar-refractivity contribution >= 4 is 18.0 Å². The molecule has 0 fully saturated rings. The molecule has 0 radical (unpaired) electrons. The number of amides is 2. The quantitative estimate of drug-likeness (QED) is 0.473. The molecule has 2 unspecified atom stereocenters. The van der Waals surface area contributed by atoms with Crippen molar-refractivity contribution in [2.45, 2.75) is 57.7 Å². The van der Waals surface area contributed by atoms with Crippen molar-refractivity contribution in [2.75, 3.05) is 13.7 Å².